The van der Waals surface area contributed by atoms with Crippen molar-refractivity contribution in [2.75, 3.05) is 29.9 Å². The van der Waals surface area contributed by atoms with E-state index in [9.17, 15) is 0 Å². The summed E-state index contributed by atoms with van der Waals surface area (Å²) in [7, 11) is 2.14. The molecule has 98 valence electrons. The van der Waals surface area contributed by atoms with Crippen LogP contribution in [0.2, 0.25) is 0 Å². The third-order valence-corrected chi connectivity index (χ3v) is 4.38. The van der Waals surface area contributed by atoms with Gasteiger partial charge in [0.1, 0.15) is 5.82 Å². The van der Waals surface area contributed by atoms with Gasteiger partial charge in [-0.3, -0.25) is 0 Å². The molecule has 0 fully saturated rings. The molecule has 2 aromatic rings. The fourth-order valence-electron chi connectivity index (χ4n) is 2.42. The first kappa shape index (κ1) is 12.5. The molecular formula is C15H16BrN3. The van der Waals surface area contributed by atoms with Crippen LogP contribution in [0.25, 0.3) is 0 Å². The summed E-state index contributed by atoms with van der Waals surface area (Å²) in [6, 6.07) is 10.6. The fourth-order valence-corrected chi connectivity index (χ4v) is 2.63. The number of likely N-dealkylation sites (N-methyl/N-ethyl adjacent to an activating group) is 1. The lowest BCUT2D eigenvalue weighted by Crippen LogP contribution is -2.36. The van der Waals surface area contributed by atoms with E-state index in [1.807, 2.05) is 6.20 Å². The van der Waals surface area contributed by atoms with Gasteiger partial charge in [0.05, 0.1) is 11.4 Å². The largest absolute Gasteiger partial charge is 0.371 e. The molecule has 0 amide bonds. The van der Waals surface area contributed by atoms with Crippen molar-refractivity contribution in [3.05, 3.63) is 46.6 Å². The Morgan fingerprint density at radius 2 is 1.89 bits per heavy atom. The van der Waals surface area contributed by atoms with Crippen molar-refractivity contribution in [3.63, 3.8) is 0 Å². The van der Waals surface area contributed by atoms with Gasteiger partial charge in [-0.1, -0.05) is 12.1 Å². The van der Waals surface area contributed by atoms with E-state index in [4.69, 9.17) is 0 Å². The summed E-state index contributed by atoms with van der Waals surface area (Å²) in [5, 5.41) is 0. The second-order valence-corrected chi connectivity index (χ2v) is 5.71. The topological polar surface area (TPSA) is 19.4 Å². The van der Waals surface area contributed by atoms with Gasteiger partial charge in [-0.2, -0.15) is 0 Å². The molecule has 1 aromatic carbocycles. The maximum Gasteiger partial charge on any atom is 0.133 e. The molecule has 1 aliphatic rings. The average molecular weight is 318 g/mol. The lowest BCUT2D eigenvalue weighted by molar-refractivity contribution is 0.812. The van der Waals surface area contributed by atoms with Gasteiger partial charge in [-0.15, -0.1) is 0 Å². The Labute approximate surface area is 122 Å². The van der Waals surface area contributed by atoms with E-state index in [1.165, 1.54) is 16.9 Å². The molecule has 3 rings (SSSR count). The summed E-state index contributed by atoms with van der Waals surface area (Å²) in [6.45, 7) is 4.06. The SMILES string of the molecule is Cc1cc(N2CCN(C)c3ccccc32)ncc1Br. The Kier molecular flexibility index (Phi) is 3.19. The Morgan fingerprint density at radius 1 is 1.16 bits per heavy atom. The summed E-state index contributed by atoms with van der Waals surface area (Å²) in [5.41, 5.74) is 3.70. The summed E-state index contributed by atoms with van der Waals surface area (Å²) in [4.78, 5) is 9.12. The highest BCUT2D eigenvalue weighted by Crippen LogP contribution is 2.36. The van der Waals surface area contributed by atoms with Gasteiger partial charge in [0.25, 0.3) is 0 Å². The van der Waals surface area contributed by atoms with Crippen LogP contribution in [0, 0.1) is 6.92 Å². The third kappa shape index (κ3) is 2.21. The highest BCUT2D eigenvalue weighted by atomic mass is 79.9. The third-order valence-electron chi connectivity index (χ3n) is 3.55. The number of fused-ring (bicyclic) bond motifs is 1. The molecular weight excluding hydrogens is 302 g/mol. The van der Waals surface area contributed by atoms with Crippen LogP contribution in [0.15, 0.2) is 41.0 Å². The van der Waals surface area contributed by atoms with Crippen molar-refractivity contribution >= 4 is 33.1 Å². The van der Waals surface area contributed by atoms with Gasteiger partial charge < -0.3 is 9.80 Å². The summed E-state index contributed by atoms with van der Waals surface area (Å²) < 4.78 is 1.05. The van der Waals surface area contributed by atoms with Crippen LogP contribution in [0.1, 0.15) is 5.56 Å². The van der Waals surface area contributed by atoms with Gasteiger partial charge in [0.15, 0.2) is 0 Å². The minimum absolute atomic E-state index is 0.960. The van der Waals surface area contributed by atoms with Gasteiger partial charge >= 0.3 is 0 Å². The van der Waals surface area contributed by atoms with E-state index < -0.39 is 0 Å². The van der Waals surface area contributed by atoms with E-state index in [2.05, 4.69) is 75.0 Å². The van der Waals surface area contributed by atoms with E-state index in [0.717, 1.165) is 23.4 Å². The number of para-hydroxylation sites is 2. The Morgan fingerprint density at radius 3 is 2.63 bits per heavy atom. The number of halogens is 1. The minimum atomic E-state index is 0.960. The molecule has 0 saturated heterocycles. The number of aryl methyl sites for hydroxylation is 1. The molecule has 0 atom stereocenters. The number of pyridine rings is 1. The quantitative estimate of drug-likeness (QED) is 0.798. The van der Waals surface area contributed by atoms with Crippen molar-refractivity contribution in [2.45, 2.75) is 6.92 Å². The molecule has 0 bridgehead atoms. The smallest absolute Gasteiger partial charge is 0.133 e. The Balaban J connectivity index is 2.07. The second kappa shape index (κ2) is 4.85. The van der Waals surface area contributed by atoms with Gasteiger partial charge in [0.2, 0.25) is 0 Å². The van der Waals surface area contributed by atoms with E-state index in [-0.39, 0.29) is 0 Å². The van der Waals surface area contributed by atoms with Gasteiger partial charge in [-0.25, -0.2) is 4.98 Å². The molecule has 0 N–H and O–H groups in total. The average Bonchev–Trinajstić information content (AvgIpc) is 2.43. The van der Waals surface area contributed by atoms with Crippen molar-refractivity contribution in [3.8, 4) is 0 Å². The molecule has 3 nitrogen and oxygen atoms in total. The molecule has 0 aliphatic carbocycles. The zero-order chi connectivity index (χ0) is 13.4. The molecule has 0 radical (unpaired) electrons. The van der Waals surface area contributed by atoms with Crippen LogP contribution >= 0.6 is 15.9 Å². The maximum atomic E-state index is 4.55. The number of anilines is 3. The van der Waals surface area contributed by atoms with Crippen molar-refractivity contribution in [1.82, 2.24) is 4.98 Å². The van der Waals surface area contributed by atoms with Crippen molar-refractivity contribution in [2.24, 2.45) is 0 Å². The number of rotatable bonds is 1. The lowest BCUT2D eigenvalue weighted by Gasteiger charge is -2.36. The van der Waals surface area contributed by atoms with Crippen LogP contribution in [-0.4, -0.2) is 25.1 Å². The summed E-state index contributed by atoms with van der Waals surface area (Å²) in [5.74, 6) is 1.02. The maximum absolute atomic E-state index is 4.55. The first-order valence-corrected chi connectivity index (χ1v) is 7.16. The standard InChI is InChI=1S/C15H16BrN3/c1-11-9-15(17-10-12(11)16)19-8-7-18(2)13-5-3-4-6-14(13)19/h3-6,9-10H,7-8H2,1-2H3. The van der Waals surface area contributed by atoms with Crippen molar-refractivity contribution in [1.29, 1.82) is 0 Å². The normalized spacial score (nSPS) is 14.5. The first-order valence-electron chi connectivity index (χ1n) is 6.36. The zero-order valence-corrected chi connectivity index (χ0v) is 12.7. The molecule has 1 aromatic heterocycles. The number of benzene rings is 1. The fraction of sp³-hybridized carbons (Fsp3) is 0.267. The van der Waals surface area contributed by atoms with Crippen LogP contribution < -0.4 is 9.80 Å². The monoisotopic (exact) mass is 317 g/mol. The number of nitrogens with zero attached hydrogens (tertiary/aromatic N) is 3. The van der Waals surface area contributed by atoms with Crippen LogP contribution in [0.3, 0.4) is 0 Å². The molecule has 0 unspecified atom stereocenters. The molecule has 4 heteroatoms. The second-order valence-electron chi connectivity index (χ2n) is 4.85. The predicted octanol–water partition coefficient (Wildman–Crippen LogP) is 3.74. The van der Waals surface area contributed by atoms with E-state index >= 15 is 0 Å². The lowest BCUT2D eigenvalue weighted by atomic mass is 10.1. The molecule has 19 heavy (non-hydrogen) atoms. The molecule has 0 saturated carbocycles. The molecule has 1 aliphatic heterocycles. The van der Waals surface area contributed by atoms with Crippen LogP contribution in [0.4, 0.5) is 17.2 Å². The van der Waals surface area contributed by atoms with E-state index in [1.54, 1.807) is 0 Å². The highest BCUT2D eigenvalue weighted by Gasteiger charge is 2.21. The molecule has 0 spiro atoms. The first-order chi connectivity index (χ1) is 9.16. The van der Waals surface area contributed by atoms with Crippen molar-refractivity contribution < 1.29 is 0 Å². The van der Waals surface area contributed by atoms with Crippen LogP contribution in [-0.2, 0) is 0 Å². The minimum Gasteiger partial charge on any atom is -0.371 e. The Hall–Kier alpha value is -1.55. The number of hydrogen-bond acceptors (Lipinski definition) is 3. The van der Waals surface area contributed by atoms with E-state index in [0.29, 0.717) is 0 Å². The highest BCUT2D eigenvalue weighted by molar-refractivity contribution is 9.10. The summed E-state index contributed by atoms with van der Waals surface area (Å²) >= 11 is 3.51. The van der Waals surface area contributed by atoms with Gasteiger partial charge in [0, 0.05) is 30.8 Å². The summed E-state index contributed by atoms with van der Waals surface area (Å²) in [6.07, 6.45) is 1.88. The molecule has 2 heterocycles. The van der Waals surface area contributed by atoms with Crippen LogP contribution in [0.5, 0.6) is 0 Å². The zero-order valence-electron chi connectivity index (χ0n) is 11.1. The predicted molar refractivity (Wildman–Crippen MR) is 83.4 cm³/mol. The Bertz CT molecular complexity index is 612. The number of aromatic nitrogens is 1. The van der Waals surface area contributed by atoms with Gasteiger partial charge in [-0.05, 0) is 46.6 Å². The number of hydrogen-bond donors (Lipinski definition) is 0.